The molecular formula is C6H6BrIN2O. The number of dihydropyridines is 1. The maximum Gasteiger partial charge on any atom is 0.109 e. The van der Waals surface area contributed by atoms with E-state index >= 15 is 0 Å². The summed E-state index contributed by atoms with van der Waals surface area (Å²) in [5.41, 5.74) is 0.941. The summed E-state index contributed by atoms with van der Waals surface area (Å²) in [5, 5.41) is 5.84. The second-order valence-corrected chi connectivity index (χ2v) is 4.19. The Morgan fingerprint density at radius 1 is 1.82 bits per heavy atom. The van der Waals surface area contributed by atoms with Gasteiger partial charge in [0.1, 0.15) is 11.5 Å². The highest BCUT2D eigenvalue weighted by Gasteiger charge is 2.09. The van der Waals surface area contributed by atoms with Gasteiger partial charge in [0, 0.05) is 15.4 Å². The Morgan fingerprint density at radius 3 is 3.09 bits per heavy atom. The van der Waals surface area contributed by atoms with Crippen LogP contribution in [-0.2, 0) is 0 Å². The van der Waals surface area contributed by atoms with E-state index in [0.717, 1.165) is 9.15 Å². The molecule has 1 aliphatic rings. The lowest BCUT2D eigenvalue weighted by molar-refractivity contribution is 0.899. The van der Waals surface area contributed by atoms with Gasteiger partial charge in [-0.15, -0.1) is 0 Å². The van der Waals surface area contributed by atoms with Crippen molar-refractivity contribution in [3.8, 4) is 0 Å². The number of hydrogen-bond donors (Lipinski definition) is 1. The Hall–Kier alpha value is 0.0900. The molecule has 1 rings (SSSR count). The SMILES string of the molecule is O=NCC1=CNC(Br)C=C1I. The Bertz CT molecular complexity index is 227. The van der Waals surface area contributed by atoms with Gasteiger partial charge in [-0.05, 0) is 28.7 Å². The lowest BCUT2D eigenvalue weighted by atomic mass is 10.2. The predicted octanol–water partition coefficient (Wildman–Crippen LogP) is 2.28. The molecule has 0 amide bonds. The van der Waals surface area contributed by atoms with Crippen molar-refractivity contribution in [1.29, 1.82) is 0 Å². The predicted molar refractivity (Wildman–Crippen MR) is 56.7 cm³/mol. The van der Waals surface area contributed by atoms with Crippen molar-refractivity contribution in [1.82, 2.24) is 5.32 Å². The molecule has 0 aliphatic carbocycles. The zero-order chi connectivity index (χ0) is 8.27. The Morgan fingerprint density at radius 2 is 2.55 bits per heavy atom. The van der Waals surface area contributed by atoms with E-state index in [0.29, 0.717) is 0 Å². The summed E-state index contributed by atoms with van der Waals surface area (Å²) in [6, 6.07) is 0. The topological polar surface area (TPSA) is 41.5 Å². The third-order valence-corrected chi connectivity index (χ3v) is 2.83. The normalized spacial score (nSPS) is 23.3. The van der Waals surface area contributed by atoms with E-state index in [9.17, 15) is 4.91 Å². The largest absolute Gasteiger partial charge is 0.375 e. The number of nitroso groups, excluding NO2 is 1. The minimum atomic E-state index is 0.171. The third kappa shape index (κ3) is 2.55. The van der Waals surface area contributed by atoms with E-state index in [1.54, 1.807) is 0 Å². The van der Waals surface area contributed by atoms with Gasteiger partial charge in [-0.1, -0.05) is 21.1 Å². The number of halogens is 2. The van der Waals surface area contributed by atoms with E-state index in [1.807, 2.05) is 12.3 Å². The fraction of sp³-hybridized carbons (Fsp3) is 0.333. The van der Waals surface area contributed by atoms with Gasteiger partial charge in [0.05, 0.1) is 0 Å². The lowest BCUT2D eigenvalue weighted by Gasteiger charge is -2.14. The average Bonchev–Trinajstić information content (AvgIpc) is 1.95. The summed E-state index contributed by atoms with van der Waals surface area (Å²) in [4.78, 5) is 10.1. The quantitative estimate of drug-likeness (QED) is 0.366. The minimum Gasteiger partial charge on any atom is -0.375 e. The molecule has 1 atom stereocenters. The first-order valence-corrected chi connectivity index (χ1v) is 4.99. The first kappa shape index (κ1) is 9.18. The van der Waals surface area contributed by atoms with Crippen molar-refractivity contribution >= 4 is 38.5 Å². The number of nitrogens with zero attached hydrogens (tertiary/aromatic N) is 1. The van der Waals surface area contributed by atoms with Gasteiger partial charge < -0.3 is 5.32 Å². The lowest BCUT2D eigenvalue weighted by Crippen LogP contribution is -2.19. The summed E-state index contributed by atoms with van der Waals surface area (Å²) in [5.74, 6) is 0. The monoisotopic (exact) mass is 328 g/mol. The Balaban J connectivity index is 2.68. The van der Waals surface area contributed by atoms with Crippen LogP contribution in [0.2, 0.25) is 0 Å². The van der Waals surface area contributed by atoms with Crippen LogP contribution >= 0.6 is 38.5 Å². The van der Waals surface area contributed by atoms with Crippen LogP contribution in [0.15, 0.2) is 26.6 Å². The molecule has 1 aliphatic heterocycles. The maximum atomic E-state index is 9.94. The molecule has 1 heterocycles. The molecule has 0 bridgehead atoms. The molecule has 0 aromatic heterocycles. The van der Waals surface area contributed by atoms with E-state index in [4.69, 9.17) is 0 Å². The fourth-order valence-electron chi connectivity index (χ4n) is 0.723. The van der Waals surface area contributed by atoms with Crippen LogP contribution in [0.25, 0.3) is 0 Å². The second-order valence-electron chi connectivity index (χ2n) is 2.04. The average molecular weight is 329 g/mol. The number of hydrogen-bond acceptors (Lipinski definition) is 3. The van der Waals surface area contributed by atoms with E-state index < -0.39 is 0 Å². The van der Waals surface area contributed by atoms with Crippen molar-refractivity contribution < 1.29 is 0 Å². The third-order valence-electron chi connectivity index (χ3n) is 1.25. The molecule has 0 saturated carbocycles. The molecule has 0 fully saturated rings. The molecule has 60 valence electrons. The van der Waals surface area contributed by atoms with E-state index in [1.165, 1.54) is 0 Å². The molecule has 0 spiro atoms. The smallest absolute Gasteiger partial charge is 0.109 e. The molecule has 0 aromatic rings. The van der Waals surface area contributed by atoms with Crippen molar-refractivity contribution in [2.24, 2.45) is 5.18 Å². The first-order chi connectivity index (χ1) is 5.24. The molecule has 3 nitrogen and oxygen atoms in total. The molecule has 1 N–H and O–H groups in total. The van der Waals surface area contributed by atoms with Gasteiger partial charge in [-0.3, -0.25) is 0 Å². The van der Waals surface area contributed by atoms with Crippen molar-refractivity contribution in [2.45, 2.75) is 4.95 Å². The first-order valence-electron chi connectivity index (χ1n) is 3.00. The van der Waals surface area contributed by atoms with Gasteiger partial charge in [0.25, 0.3) is 0 Å². The van der Waals surface area contributed by atoms with E-state index in [-0.39, 0.29) is 11.5 Å². The molecule has 5 heteroatoms. The highest BCUT2D eigenvalue weighted by Crippen LogP contribution is 2.22. The van der Waals surface area contributed by atoms with Gasteiger partial charge in [-0.25, -0.2) is 0 Å². The molecule has 11 heavy (non-hydrogen) atoms. The summed E-state index contributed by atoms with van der Waals surface area (Å²) in [7, 11) is 0. The summed E-state index contributed by atoms with van der Waals surface area (Å²) in [6.45, 7) is 0.238. The Labute approximate surface area is 86.6 Å². The summed E-state index contributed by atoms with van der Waals surface area (Å²) >= 11 is 5.54. The van der Waals surface area contributed by atoms with Crippen LogP contribution < -0.4 is 5.32 Å². The Kier molecular flexibility index (Phi) is 3.50. The zero-order valence-electron chi connectivity index (χ0n) is 5.55. The van der Waals surface area contributed by atoms with Crippen molar-refractivity contribution in [3.05, 3.63) is 26.3 Å². The van der Waals surface area contributed by atoms with E-state index in [2.05, 4.69) is 49.0 Å². The fourth-order valence-corrected chi connectivity index (χ4v) is 2.30. The molecular weight excluding hydrogens is 323 g/mol. The van der Waals surface area contributed by atoms with Gasteiger partial charge in [0.2, 0.25) is 0 Å². The molecule has 0 radical (unpaired) electrons. The summed E-state index contributed by atoms with van der Waals surface area (Å²) < 4.78 is 1.07. The van der Waals surface area contributed by atoms with Crippen molar-refractivity contribution in [3.63, 3.8) is 0 Å². The van der Waals surface area contributed by atoms with Gasteiger partial charge in [0.15, 0.2) is 0 Å². The van der Waals surface area contributed by atoms with Crippen LogP contribution in [0.1, 0.15) is 0 Å². The molecule has 1 unspecified atom stereocenters. The minimum absolute atomic E-state index is 0.171. The number of rotatable bonds is 2. The zero-order valence-corrected chi connectivity index (χ0v) is 9.29. The standard InChI is InChI=1S/C6H6BrIN2O/c7-6-1-5(8)4(2-9-6)3-10-11/h1-2,6,9H,3H2. The highest BCUT2D eigenvalue weighted by atomic mass is 127. The van der Waals surface area contributed by atoms with Gasteiger partial charge in [-0.2, -0.15) is 4.91 Å². The van der Waals surface area contributed by atoms with Crippen LogP contribution in [0.4, 0.5) is 0 Å². The summed E-state index contributed by atoms with van der Waals surface area (Å²) in [6.07, 6.45) is 3.80. The van der Waals surface area contributed by atoms with Crippen LogP contribution in [0, 0.1) is 4.91 Å². The number of alkyl halides is 1. The molecule has 0 aromatic carbocycles. The van der Waals surface area contributed by atoms with Gasteiger partial charge >= 0.3 is 0 Å². The molecule has 0 saturated heterocycles. The van der Waals surface area contributed by atoms with Crippen LogP contribution in [0.3, 0.4) is 0 Å². The maximum absolute atomic E-state index is 9.94. The second kappa shape index (κ2) is 4.20. The highest BCUT2D eigenvalue weighted by molar-refractivity contribution is 14.1. The van der Waals surface area contributed by atoms with Crippen molar-refractivity contribution in [2.75, 3.05) is 6.54 Å². The van der Waals surface area contributed by atoms with Crippen LogP contribution in [-0.4, -0.2) is 11.5 Å². The van der Waals surface area contributed by atoms with Crippen LogP contribution in [0.5, 0.6) is 0 Å². The number of nitrogens with one attached hydrogen (secondary N) is 1.